The summed E-state index contributed by atoms with van der Waals surface area (Å²) in [5.74, 6) is -2.63. The molecule has 4 nitrogen and oxygen atoms in total. The van der Waals surface area contributed by atoms with Gasteiger partial charge < -0.3 is 15.8 Å². The zero-order chi connectivity index (χ0) is 14.8. The second kappa shape index (κ2) is 5.75. The molecule has 0 saturated carbocycles. The summed E-state index contributed by atoms with van der Waals surface area (Å²) in [5, 5.41) is 2.73. The lowest BCUT2D eigenvalue weighted by molar-refractivity contribution is 0.0238. The average molecular weight is 284 g/mol. The minimum absolute atomic E-state index is 0.0404. The summed E-state index contributed by atoms with van der Waals surface area (Å²) >= 11 is 0. The van der Waals surface area contributed by atoms with Gasteiger partial charge in [0.2, 0.25) is 0 Å². The van der Waals surface area contributed by atoms with Crippen molar-refractivity contribution >= 4 is 11.6 Å². The lowest BCUT2D eigenvalue weighted by atomic mass is 9.82. The minimum Gasteiger partial charge on any atom is -0.398 e. The van der Waals surface area contributed by atoms with Crippen LogP contribution in [0, 0.1) is 17.0 Å². The summed E-state index contributed by atoms with van der Waals surface area (Å²) in [5.41, 5.74) is 5.39. The number of amides is 1. The van der Waals surface area contributed by atoms with Crippen LogP contribution in [0.4, 0.5) is 14.5 Å². The van der Waals surface area contributed by atoms with Crippen LogP contribution in [0.25, 0.3) is 0 Å². The maximum Gasteiger partial charge on any atom is 0.253 e. The number of nitrogen functional groups attached to an aromatic ring is 1. The Morgan fingerprint density at radius 2 is 1.95 bits per heavy atom. The molecule has 1 aliphatic heterocycles. The zero-order valence-electron chi connectivity index (χ0n) is 11.3. The number of carbonyl (C=O) groups is 1. The molecule has 6 heteroatoms. The van der Waals surface area contributed by atoms with Gasteiger partial charge in [-0.1, -0.05) is 6.92 Å². The predicted octanol–water partition coefficient (Wildman–Crippen LogP) is 2.09. The standard InChI is InChI=1S/C14H18F2N2O2/c1-14(2-4-20-5-3-14)8-18-13(19)9-6-10(15)11(16)7-12(9)17/h6-7H,2-5,8,17H2,1H3,(H,18,19). The highest BCUT2D eigenvalue weighted by molar-refractivity contribution is 5.99. The first-order chi connectivity index (χ1) is 9.41. The summed E-state index contributed by atoms with van der Waals surface area (Å²) in [6.07, 6.45) is 1.70. The molecule has 0 aromatic heterocycles. The number of halogens is 2. The number of nitrogens with one attached hydrogen (secondary N) is 1. The molecule has 0 aliphatic carbocycles. The fourth-order valence-electron chi connectivity index (χ4n) is 2.19. The van der Waals surface area contributed by atoms with E-state index in [0.29, 0.717) is 19.8 Å². The van der Waals surface area contributed by atoms with Crippen LogP contribution in [0.1, 0.15) is 30.1 Å². The number of ether oxygens (including phenoxy) is 1. The van der Waals surface area contributed by atoms with Crippen molar-refractivity contribution < 1.29 is 18.3 Å². The lowest BCUT2D eigenvalue weighted by Crippen LogP contribution is -2.39. The van der Waals surface area contributed by atoms with Crippen LogP contribution in [0.15, 0.2) is 12.1 Å². The quantitative estimate of drug-likeness (QED) is 0.835. The molecule has 110 valence electrons. The third kappa shape index (κ3) is 3.25. The number of benzene rings is 1. The van der Waals surface area contributed by atoms with E-state index in [1.165, 1.54) is 0 Å². The highest BCUT2D eigenvalue weighted by atomic mass is 19.2. The van der Waals surface area contributed by atoms with Crippen molar-refractivity contribution in [3.8, 4) is 0 Å². The van der Waals surface area contributed by atoms with Crippen LogP contribution in [0.3, 0.4) is 0 Å². The van der Waals surface area contributed by atoms with E-state index < -0.39 is 17.5 Å². The molecule has 1 saturated heterocycles. The molecular formula is C14H18F2N2O2. The molecular weight excluding hydrogens is 266 g/mol. The first-order valence-electron chi connectivity index (χ1n) is 6.52. The third-order valence-corrected chi connectivity index (χ3v) is 3.71. The molecule has 0 atom stereocenters. The summed E-state index contributed by atoms with van der Waals surface area (Å²) in [6.45, 7) is 3.84. The topological polar surface area (TPSA) is 64.4 Å². The molecule has 0 spiro atoms. The molecule has 3 N–H and O–H groups in total. The molecule has 0 unspecified atom stereocenters. The van der Waals surface area contributed by atoms with Crippen LogP contribution in [0.2, 0.25) is 0 Å². The van der Waals surface area contributed by atoms with Crippen LogP contribution in [-0.2, 0) is 4.74 Å². The Bertz CT molecular complexity index is 514. The van der Waals surface area contributed by atoms with E-state index in [4.69, 9.17) is 10.5 Å². The summed E-state index contributed by atoms with van der Waals surface area (Å²) in [6, 6.07) is 1.65. The summed E-state index contributed by atoms with van der Waals surface area (Å²) < 4.78 is 31.4. The van der Waals surface area contributed by atoms with E-state index in [2.05, 4.69) is 12.2 Å². The van der Waals surface area contributed by atoms with Gasteiger partial charge in [0.1, 0.15) is 0 Å². The van der Waals surface area contributed by atoms with Crippen molar-refractivity contribution in [2.24, 2.45) is 5.41 Å². The Morgan fingerprint density at radius 1 is 1.35 bits per heavy atom. The van der Waals surface area contributed by atoms with Gasteiger partial charge >= 0.3 is 0 Å². The van der Waals surface area contributed by atoms with E-state index in [1.807, 2.05) is 0 Å². The Hall–Kier alpha value is -1.69. The zero-order valence-corrected chi connectivity index (χ0v) is 11.3. The SMILES string of the molecule is CC1(CNC(=O)c2cc(F)c(F)cc2N)CCOCC1. The monoisotopic (exact) mass is 284 g/mol. The Balaban J connectivity index is 2.03. The lowest BCUT2D eigenvalue weighted by Gasteiger charge is -2.33. The number of hydrogen-bond donors (Lipinski definition) is 2. The number of rotatable bonds is 3. The fraction of sp³-hybridized carbons (Fsp3) is 0.500. The van der Waals surface area contributed by atoms with Gasteiger partial charge in [0.15, 0.2) is 11.6 Å². The van der Waals surface area contributed by atoms with Crippen molar-refractivity contribution in [1.82, 2.24) is 5.32 Å². The van der Waals surface area contributed by atoms with Crippen molar-refractivity contribution in [2.45, 2.75) is 19.8 Å². The van der Waals surface area contributed by atoms with Crippen molar-refractivity contribution in [2.75, 3.05) is 25.5 Å². The van der Waals surface area contributed by atoms with Gasteiger partial charge in [-0.15, -0.1) is 0 Å². The molecule has 1 aromatic rings. The number of hydrogen-bond acceptors (Lipinski definition) is 3. The van der Waals surface area contributed by atoms with Crippen molar-refractivity contribution in [1.29, 1.82) is 0 Å². The molecule has 1 heterocycles. The number of carbonyl (C=O) groups excluding carboxylic acids is 1. The van der Waals surface area contributed by atoms with E-state index >= 15 is 0 Å². The molecule has 1 aliphatic rings. The highest BCUT2D eigenvalue weighted by Crippen LogP contribution is 2.29. The molecule has 2 rings (SSSR count). The van der Waals surface area contributed by atoms with Gasteiger partial charge in [-0.2, -0.15) is 0 Å². The van der Waals surface area contributed by atoms with Crippen molar-refractivity contribution in [3.63, 3.8) is 0 Å². The second-order valence-electron chi connectivity index (χ2n) is 5.46. The average Bonchev–Trinajstić information content (AvgIpc) is 2.41. The van der Waals surface area contributed by atoms with Crippen LogP contribution in [-0.4, -0.2) is 25.7 Å². The first kappa shape index (κ1) is 14.7. The minimum atomic E-state index is -1.08. The first-order valence-corrected chi connectivity index (χ1v) is 6.52. The Labute approximate surface area is 116 Å². The van der Waals surface area contributed by atoms with Crippen LogP contribution in [0.5, 0.6) is 0 Å². The maximum absolute atomic E-state index is 13.2. The fourth-order valence-corrected chi connectivity index (χ4v) is 2.19. The molecule has 1 fully saturated rings. The van der Waals surface area contributed by atoms with Gasteiger partial charge in [0.25, 0.3) is 5.91 Å². The van der Waals surface area contributed by atoms with Gasteiger partial charge in [0.05, 0.1) is 5.56 Å². The number of nitrogens with two attached hydrogens (primary N) is 1. The van der Waals surface area contributed by atoms with Crippen LogP contribution >= 0.6 is 0 Å². The highest BCUT2D eigenvalue weighted by Gasteiger charge is 2.28. The van der Waals surface area contributed by atoms with E-state index in [9.17, 15) is 13.6 Å². The van der Waals surface area contributed by atoms with E-state index in [0.717, 1.165) is 25.0 Å². The van der Waals surface area contributed by atoms with Gasteiger partial charge in [-0.25, -0.2) is 8.78 Å². The largest absolute Gasteiger partial charge is 0.398 e. The van der Waals surface area contributed by atoms with E-state index in [1.54, 1.807) is 0 Å². The van der Waals surface area contributed by atoms with Crippen molar-refractivity contribution in [3.05, 3.63) is 29.3 Å². The summed E-state index contributed by atoms with van der Waals surface area (Å²) in [4.78, 5) is 12.0. The maximum atomic E-state index is 13.2. The molecule has 1 amide bonds. The predicted molar refractivity (Wildman–Crippen MR) is 71.3 cm³/mol. The second-order valence-corrected chi connectivity index (χ2v) is 5.46. The van der Waals surface area contributed by atoms with Crippen LogP contribution < -0.4 is 11.1 Å². The van der Waals surface area contributed by atoms with Gasteiger partial charge in [0, 0.05) is 31.5 Å². The molecule has 20 heavy (non-hydrogen) atoms. The van der Waals surface area contributed by atoms with E-state index in [-0.39, 0.29) is 16.7 Å². The number of anilines is 1. The summed E-state index contributed by atoms with van der Waals surface area (Å²) in [7, 11) is 0. The molecule has 0 bridgehead atoms. The smallest absolute Gasteiger partial charge is 0.253 e. The van der Waals surface area contributed by atoms with Gasteiger partial charge in [-0.3, -0.25) is 4.79 Å². The molecule has 0 radical (unpaired) electrons. The normalized spacial score (nSPS) is 17.8. The van der Waals surface area contributed by atoms with Gasteiger partial charge in [-0.05, 0) is 24.3 Å². The Kier molecular flexibility index (Phi) is 4.23. The molecule has 1 aromatic carbocycles. The Morgan fingerprint density at radius 3 is 2.60 bits per heavy atom. The third-order valence-electron chi connectivity index (χ3n) is 3.71.